The van der Waals surface area contributed by atoms with Crippen molar-refractivity contribution in [2.24, 2.45) is 0 Å². The minimum absolute atomic E-state index is 0.0199. The van der Waals surface area contributed by atoms with Crippen molar-refractivity contribution in [3.05, 3.63) is 65.7 Å². The highest BCUT2D eigenvalue weighted by Crippen LogP contribution is 2.26. The van der Waals surface area contributed by atoms with Crippen LogP contribution in [-0.2, 0) is 13.2 Å². The largest absolute Gasteiger partial charge is 0.392 e. The molecular formula is C22H25N3O. The number of nitrogens with zero attached hydrogens (tertiary/aromatic N) is 2. The first-order valence-corrected chi connectivity index (χ1v) is 9.41. The standard InChI is InChI=1S/C22H25N3O/c26-16-19-14-17-8-2-4-10-20(17)24-22(19)23-15-18-9-3-5-11-21(18)25-12-6-1-7-13-25/h2-5,8-11,14,26H,1,6-7,12-13,15-16H2,(H,23,24). The molecule has 0 atom stereocenters. The smallest absolute Gasteiger partial charge is 0.132 e. The maximum absolute atomic E-state index is 9.75. The average molecular weight is 347 g/mol. The number of nitrogens with one attached hydrogen (secondary N) is 1. The van der Waals surface area contributed by atoms with E-state index in [9.17, 15) is 5.11 Å². The van der Waals surface area contributed by atoms with Crippen LogP contribution in [-0.4, -0.2) is 23.2 Å². The Labute approximate surface area is 154 Å². The average Bonchev–Trinajstić information content (AvgIpc) is 2.72. The van der Waals surface area contributed by atoms with Crippen LogP contribution in [0.5, 0.6) is 0 Å². The van der Waals surface area contributed by atoms with Crippen LogP contribution in [0.15, 0.2) is 54.6 Å². The van der Waals surface area contributed by atoms with Crippen molar-refractivity contribution in [2.75, 3.05) is 23.3 Å². The van der Waals surface area contributed by atoms with Gasteiger partial charge in [0.15, 0.2) is 0 Å². The predicted molar refractivity (Wildman–Crippen MR) is 107 cm³/mol. The molecule has 0 aliphatic carbocycles. The fraction of sp³-hybridized carbons (Fsp3) is 0.318. The van der Waals surface area contributed by atoms with E-state index in [1.165, 1.54) is 30.5 Å². The SMILES string of the molecule is OCc1cc2ccccc2nc1NCc1ccccc1N1CCCCC1. The highest BCUT2D eigenvalue weighted by molar-refractivity contribution is 5.81. The normalized spacial score (nSPS) is 14.6. The van der Waals surface area contributed by atoms with Crippen LogP contribution < -0.4 is 10.2 Å². The van der Waals surface area contributed by atoms with Gasteiger partial charge in [0.25, 0.3) is 0 Å². The summed E-state index contributed by atoms with van der Waals surface area (Å²) in [6.07, 6.45) is 3.86. The Hall–Kier alpha value is -2.59. The lowest BCUT2D eigenvalue weighted by atomic mass is 10.1. The minimum atomic E-state index is -0.0199. The van der Waals surface area contributed by atoms with Gasteiger partial charge in [-0.1, -0.05) is 36.4 Å². The van der Waals surface area contributed by atoms with Crippen LogP contribution in [0, 0.1) is 0 Å². The monoisotopic (exact) mass is 347 g/mol. The van der Waals surface area contributed by atoms with Crippen molar-refractivity contribution < 1.29 is 5.11 Å². The Bertz CT molecular complexity index is 887. The van der Waals surface area contributed by atoms with Crippen molar-refractivity contribution >= 4 is 22.4 Å². The molecule has 26 heavy (non-hydrogen) atoms. The first-order valence-electron chi connectivity index (χ1n) is 9.41. The molecule has 1 aliphatic rings. The molecule has 2 N–H and O–H groups in total. The fourth-order valence-electron chi connectivity index (χ4n) is 3.72. The number of benzene rings is 2. The van der Waals surface area contributed by atoms with Gasteiger partial charge in [-0.15, -0.1) is 0 Å². The quantitative estimate of drug-likeness (QED) is 0.721. The first-order chi connectivity index (χ1) is 12.8. The van der Waals surface area contributed by atoms with E-state index in [1.807, 2.05) is 30.3 Å². The summed E-state index contributed by atoms with van der Waals surface area (Å²) < 4.78 is 0. The Morgan fingerprint density at radius 3 is 2.54 bits per heavy atom. The zero-order valence-electron chi connectivity index (χ0n) is 15.0. The molecule has 2 heterocycles. The Morgan fingerprint density at radius 2 is 1.69 bits per heavy atom. The second kappa shape index (κ2) is 7.75. The molecule has 134 valence electrons. The zero-order chi connectivity index (χ0) is 17.8. The van der Waals surface area contributed by atoms with E-state index in [0.29, 0.717) is 6.54 Å². The first kappa shape index (κ1) is 16.9. The molecule has 0 unspecified atom stereocenters. The molecule has 0 amide bonds. The van der Waals surface area contributed by atoms with Crippen LogP contribution in [0.4, 0.5) is 11.5 Å². The van der Waals surface area contributed by atoms with Gasteiger partial charge in [-0.05, 0) is 43.0 Å². The summed E-state index contributed by atoms with van der Waals surface area (Å²) >= 11 is 0. The summed E-state index contributed by atoms with van der Waals surface area (Å²) in [6.45, 7) is 2.94. The second-order valence-corrected chi connectivity index (χ2v) is 6.88. The number of piperidine rings is 1. The molecule has 0 bridgehead atoms. The number of hydrogen-bond acceptors (Lipinski definition) is 4. The van der Waals surface area contributed by atoms with Gasteiger partial charge in [-0.25, -0.2) is 4.98 Å². The molecule has 1 aliphatic heterocycles. The summed E-state index contributed by atoms with van der Waals surface area (Å²) in [5.74, 6) is 0.764. The molecular weight excluding hydrogens is 322 g/mol. The van der Waals surface area contributed by atoms with Gasteiger partial charge in [0.1, 0.15) is 5.82 Å². The van der Waals surface area contributed by atoms with Crippen molar-refractivity contribution in [1.29, 1.82) is 0 Å². The summed E-state index contributed by atoms with van der Waals surface area (Å²) in [6, 6.07) is 18.6. The van der Waals surface area contributed by atoms with Crippen molar-refractivity contribution in [2.45, 2.75) is 32.4 Å². The van der Waals surface area contributed by atoms with E-state index in [0.717, 1.165) is 35.4 Å². The third-order valence-corrected chi connectivity index (χ3v) is 5.11. The number of aliphatic hydroxyl groups is 1. The van der Waals surface area contributed by atoms with Gasteiger partial charge in [-0.3, -0.25) is 0 Å². The number of pyridine rings is 1. The molecule has 1 saturated heterocycles. The third kappa shape index (κ3) is 3.51. The predicted octanol–water partition coefficient (Wildman–Crippen LogP) is 4.33. The fourth-order valence-corrected chi connectivity index (χ4v) is 3.72. The number of anilines is 2. The third-order valence-electron chi connectivity index (χ3n) is 5.11. The lowest BCUT2D eigenvalue weighted by Gasteiger charge is -2.30. The topological polar surface area (TPSA) is 48.4 Å². The molecule has 3 aromatic rings. The Kier molecular flexibility index (Phi) is 5.02. The molecule has 4 rings (SSSR count). The van der Waals surface area contributed by atoms with Crippen LogP contribution in [0.25, 0.3) is 10.9 Å². The number of fused-ring (bicyclic) bond motifs is 1. The number of aromatic nitrogens is 1. The van der Waals surface area contributed by atoms with Crippen LogP contribution >= 0.6 is 0 Å². The summed E-state index contributed by atoms with van der Waals surface area (Å²) in [7, 11) is 0. The summed E-state index contributed by atoms with van der Waals surface area (Å²) in [5.41, 5.74) is 4.36. The number of hydrogen-bond donors (Lipinski definition) is 2. The zero-order valence-corrected chi connectivity index (χ0v) is 15.0. The molecule has 0 saturated carbocycles. The van der Waals surface area contributed by atoms with E-state index in [2.05, 4.69) is 34.5 Å². The molecule has 2 aromatic carbocycles. The van der Waals surface area contributed by atoms with Gasteiger partial charge in [0, 0.05) is 36.3 Å². The second-order valence-electron chi connectivity index (χ2n) is 6.88. The van der Waals surface area contributed by atoms with Gasteiger partial charge < -0.3 is 15.3 Å². The summed E-state index contributed by atoms with van der Waals surface area (Å²) in [5, 5.41) is 14.3. The van der Waals surface area contributed by atoms with E-state index >= 15 is 0 Å². The number of rotatable bonds is 5. The maximum atomic E-state index is 9.75. The molecule has 4 heteroatoms. The lowest BCUT2D eigenvalue weighted by Crippen LogP contribution is -2.30. The van der Waals surface area contributed by atoms with Crippen molar-refractivity contribution in [3.63, 3.8) is 0 Å². The highest BCUT2D eigenvalue weighted by atomic mass is 16.3. The van der Waals surface area contributed by atoms with E-state index in [4.69, 9.17) is 4.98 Å². The highest BCUT2D eigenvalue weighted by Gasteiger charge is 2.14. The van der Waals surface area contributed by atoms with E-state index in [-0.39, 0.29) is 6.61 Å². The lowest BCUT2D eigenvalue weighted by molar-refractivity contribution is 0.282. The van der Waals surface area contributed by atoms with Crippen LogP contribution in [0.3, 0.4) is 0 Å². The van der Waals surface area contributed by atoms with E-state index < -0.39 is 0 Å². The van der Waals surface area contributed by atoms with Crippen LogP contribution in [0.1, 0.15) is 30.4 Å². The Morgan fingerprint density at radius 1 is 0.923 bits per heavy atom. The van der Waals surface area contributed by atoms with Gasteiger partial charge in [-0.2, -0.15) is 0 Å². The van der Waals surface area contributed by atoms with Crippen molar-refractivity contribution in [1.82, 2.24) is 4.98 Å². The molecule has 0 spiro atoms. The molecule has 4 nitrogen and oxygen atoms in total. The van der Waals surface area contributed by atoms with Gasteiger partial charge in [0.05, 0.1) is 12.1 Å². The molecule has 1 fully saturated rings. The Balaban J connectivity index is 1.58. The molecule has 1 aromatic heterocycles. The van der Waals surface area contributed by atoms with E-state index in [1.54, 1.807) is 0 Å². The van der Waals surface area contributed by atoms with Gasteiger partial charge >= 0.3 is 0 Å². The van der Waals surface area contributed by atoms with Crippen molar-refractivity contribution in [3.8, 4) is 0 Å². The molecule has 0 radical (unpaired) electrons. The number of para-hydroxylation sites is 2. The van der Waals surface area contributed by atoms with Gasteiger partial charge in [0.2, 0.25) is 0 Å². The minimum Gasteiger partial charge on any atom is -0.392 e. The number of aliphatic hydroxyl groups excluding tert-OH is 1. The maximum Gasteiger partial charge on any atom is 0.132 e. The summed E-state index contributed by atoms with van der Waals surface area (Å²) in [4.78, 5) is 7.21. The van der Waals surface area contributed by atoms with Crippen LogP contribution in [0.2, 0.25) is 0 Å².